The summed E-state index contributed by atoms with van der Waals surface area (Å²) in [5, 5.41) is 26.1. The molecule has 0 aliphatic carbocycles. The summed E-state index contributed by atoms with van der Waals surface area (Å²) in [6.45, 7) is 1.50. The fourth-order valence-electron chi connectivity index (χ4n) is 3.50. The van der Waals surface area contributed by atoms with Crippen LogP contribution in [0.1, 0.15) is 27.6 Å². The molecular formula is C28H24N2O5. The number of hydrogen-bond acceptors (Lipinski definition) is 6. The van der Waals surface area contributed by atoms with Crippen molar-refractivity contribution in [1.82, 2.24) is 0 Å². The number of hydrogen-bond donors (Lipinski definition) is 4. The van der Waals surface area contributed by atoms with Crippen LogP contribution in [0.15, 0.2) is 84.9 Å². The molecular weight excluding hydrogens is 444 g/mol. The lowest BCUT2D eigenvalue weighted by Gasteiger charge is -2.11. The van der Waals surface area contributed by atoms with Gasteiger partial charge in [-0.2, -0.15) is 0 Å². The molecule has 0 radical (unpaired) electrons. The first kappa shape index (κ1) is 23.4. The van der Waals surface area contributed by atoms with E-state index in [4.69, 9.17) is 4.74 Å². The zero-order valence-electron chi connectivity index (χ0n) is 19.2. The van der Waals surface area contributed by atoms with Gasteiger partial charge in [-0.15, -0.1) is 0 Å². The monoisotopic (exact) mass is 468 g/mol. The lowest BCUT2D eigenvalue weighted by atomic mass is 10.0. The van der Waals surface area contributed by atoms with Gasteiger partial charge in [0.15, 0.2) is 5.78 Å². The summed E-state index contributed by atoms with van der Waals surface area (Å²) in [6.07, 6.45) is 0. The van der Waals surface area contributed by atoms with E-state index in [9.17, 15) is 19.8 Å². The first-order valence-electron chi connectivity index (χ1n) is 10.9. The molecule has 0 heterocycles. The van der Waals surface area contributed by atoms with Crippen LogP contribution >= 0.6 is 0 Å². The van der Waals surface area contributed by atoms with Crippen molar-refractivity contribution in [1.29, 1.82) is 0 Å². The van der Waals surface area contributed by atoms with Crippen LogP contribution in [-0.2, 0) is 0 Å². The quantitative estimate of drug-likeness (QED) is 0.194. The van der Waals surface area contributed by atoms with E-state index in [0.717, 1.165) is 5.56 Å². The maximum atomic E-state index is 12.7. The highest BCUT2D eigenvalue weighted by atomic mass is 16.5. The van der Waals surface area contributed by atoms with Crippen molar-refractivity contribution in [3.05, 3.63) is 96.1 Å². The number of amides is 1. The highest BCUT2D eigenvalue weighted by Crippen LogP contribution is 2.34. The standard InChI is InChI=1S/C28H24N2O5/c1-17(31)18-3-9-22(10-4-18)35-23-11-5-19(6-12-23)28(34)30-25-14-8-21(16-27(25)33)20-7-13-24(29-2)26(32)15-20/h3-16,29,32-33H,1-2H3,(H,30,34). The first-order chi connectivity index (χ1) is 16.8. The number of carbonyl (C=O) groups excluding carboxylic acids is 2. The number of anilines is 2. The number of Topliss-reactive ketones (excluding diaryl/α,β-unsaturated/α-hetero) is 1. The molecule has 0 saturated heterocycles. The zero-order valence-corrected chi connectivity index (χ0v) is 19.2. The second-order valence-electron chi connectivity index (χ2n) is 7.87. The van der Waals surface area contributed by atoms with Gasteiger partial charge < -0.3 is 25.6 Å². The van der Waals surface area contributed by atoms with Gasteiger partial charge in [0.05, 0.1) is 11.4 Å². The van der Waals surface area contributed by atoms with Crippen LogP contribution in [0, 0.1) is 0 Å². The van der Waals surface area contributed by atoms with Crippen LogP contribution in [-0.4, -0.2) is 29.0 Å². The maximum absolute atomic E-state index is 12.7. The Morgan fingerprint density at radius 1 is 0.686 bits per heavy atom. The average Bonchev–Trinajstić information content (AvgIpc) is 2.86. The van der Waals surface area contributed by atoms with Gasteiger partial charge in [-0.05, 0) is 90.8 Å². The molecule has 7 heteroatoms. The second kappa shape index (κ2) is 10.0. The van der Waals surface area contributed by atoms with Gasteiger partial charge in [0.1, 0.15) is 23.0 Å². The van der Waals surface area contributed by atoms with Crippen molar-refractivity contribution in [2.24, 2.45) is 0 Å². The van der Waals surface area contributed by atoms with Crippen LogP contribution in [0.5, 0.6) is 23.0 Å². The van der Waals surface area contributed by atoms with E-state index in [2.05, 4.69) is 10.6 Å². The second-order valence-corrected chi connectivity index (χ2v) is 7.87. The van der Waals surface area contributed by atoms with Crippen molar-refractivity contribution in [3.63, 3.8) is 0 Å². The van der Waals surface area contributed by atoms with Crippen molar-refractivity contribution < 1.29 is 24.5 Å². The third-order valence-electron chi connectivity index (χ3n) is 5.46. The molecule has 4 aromatic carbocycles. The zero-order chi connectivity index (χ0) is 24.9. The van der Waals surface area contributed by atoms with Crippen LogP contribution in [0.3, 0.4) is 0 Å². The number of phenols is 2. The molecule has 4 N–H and O–H groups in total. The number of phenolic OH excluding ortho intramolecular Hbond substituents is 2. The number of carbonyl (C=O) groups is 2. The number of ether oxygens (including phenoxy) is 1. The molecule has 0 atom stereocenters. The topological polar surface area (TPSA) is 108 Å². The molecule has 0 fully saturated rings. The molecule has 0 spiro atoms. The molecule has 4 aromatic rings. The van der Waals surface area contributed by atoms with E-state index in [0.29, 0.717) is 33.9 Å². The minimum Gasteiger partial charge on any atom is -0.506 e. The summed E-state index contributed by atoms with van der Waals surface area (Å²) in [7, 11) is 1.72. The fourth-order valence-corrected chi connectivity index (χ4v) is 3.50. The Morgan fingerprint density at radius 3 is 1.63 bits per heavy atom. The Balaban J connectivity index is 1.42. The van der Waals surface area contributed by atoms with Gasteiger partial charge in [0.2, 0.25) is 0 Å². The Kier molecular flexibility index (Phi) is 6.69. The van der Waals surface area contributed by atoms with Crippen LogP contribution in [0.25, 0.3) is 11.1 Å². The van der Waals surface area contributed by atoms with Gasteiger partial charge in [-0.25, -0.2) is 0 Å². The van der Waals surface area contributed by atoms with E-state index in [-0.39, 0.29) is 28.9 Å². The third kappa shape index (κ3) is 5.42. The highest BCUT2D eigenvalue weighted by molar-refractivity contribution is 6.05. The summed E-state index contributed by atoms with van der Waals surface area (Å²) in [4.78, 5) is 24.1. The number of nitrogens with one attached hydrogen (secondary N) is 2. The first-order valence-corrected chi connectivity index (χ1v) is 10.9. The SMILES string of the molecule is CNc1ccc(-c2ccc(NC(=O)c3ccc(Oc4ccc(C(C)=O)cc4)cc3)c(O)c2)cc1O. The predicted molar refractivity (Wildman–Crippen MR) is 136 cm³/mol. The highest BCUT2D eigenvalue weighted by Gasteiger charge is 2.12. The molecule has 0 bridgehead atoms. The van der Waals surface area contributed by atoms with E-state index in [1.54, 1.807) is 79.8 Å². The summed E-state index contributed by atoms with van der Waals surface area (Å²) in [5.74, 6) is 0.712. The summed E-state index contributed by atoms with van der Waals surface area (Å²) in [5.41, 5.74) is 3.27. The van der Waals surface area contributed by atoms with Crippen LogP contribution in [0.4, 0.5) is 11.4 Å². The average molecular weight is 469 g/mol. The summed E-state index contributed by atoms with van der Waals surface area (Å²) >= 11 is 0. The smallest absolute Gasteiger partial charge is 0.255 e. The number of ketones is 1. The Bertz CT molecular complexity index is 1380. The molecule has 0 saturated carbocycles. The molecule has 4 rings (SSSR count). The predicted octanol–water partition coefficient (Wildman–Crippen LogP) is 6.05. The van der Waals surface area contributed by atoms with E-state index in [1.165, 1.54) is 13.0 Å². The third-order valence-corrected chi connectivity index (χ3v) is 5.46. The molecule has 0 aliphatic heterocycles. The number of aromatic hydroxyl groups is 2. The summed E-state index contributed by atoms with van der Waals surface area (Å²) in [6, 6.07) is 23.4. The van der Waals surface area contributed by atoms with Gasteiger partial charge in [-0.3, -0.25) is 9.59 Å². The summed E-state index contributed by atoms with van der Waals surface area (Å²) < 4.78 is 5.76. The number of benzene rings is 4. The molecule has 35 heavy (non-hydrogen) atoms. The molecule has 0 aromatic heterocycles. The molecule has 0 aliphatic rings. The van der Waals surface area contributed by atoms with Crippen LogP contribution < -0.4 is 15.4 Å². The molecule has 1 amide bonds. The van der Waals surface area contributed by atoms with E-state index >= 15 is 0 Å². The van der Waals surface area contributed by atoms with Crippen molar-refractivity contribution in [2.75, 3.05) is 17.7 Å². The Hall–Kier alpha value is -4.78. The Morgan fingerprint density at radius 2 is 1.17 bits per heavy atom. The van der Waals surface area contributed by atoms with Crippen molar-refractivity contribution in [3.8, 4) is 34.1 Å². The van der Waals surface area contributed by atoms with E-state index < -0.39 is 0 Å². The number of rotatable bonds is 7. The van der Waals surface area contributed by atoms with Crippen LogP contribution in [0.2, 0.25) is 0 Å². The minimum absolute atomic E-state index is 0.0185. The van der Waals surface area contributed by atoms with Gasteiger partial charge >= 0.3 is 0 Å². The Labute approximate surface area is 202 Å². The lowest BCUT2D eigenvalue weighted by molar-refractivity contribution is 0.101. The lowest BCUT2D eigenvalue weighted by Crippen LogP contribution is -2.11. The van der Waals surface area contributed by atoms with Gasteiger partial charge in [0.25, 0.3) is 5.91 Å². The van der Waals surface area contributed by atoms with Crippen molar-refractivity contribution >= 4 is 23.1 Å². The maximum Gasteiger partial charge on any atom is 0.255 e. The largest absolute Gasteiger partial charge is 0.506 e. The molecule has 176 valence electrons. The molecule has 7 nitrogen and oxygen atoms in total. The minimum atomic E-state index is -0.388. The fraction of sp³-hybridized carbons (Fsp3) is 0.0714. The van der Waals surface area contributed by atoms with Gasteiger partial charge in [-0.1, -0.05) is 12.1 Å². The molecule has 0 unspecified atom stereocenters. The normalized spacial score (nSPS) is 10.5. The van der Waals surface area contributed by atoms with Crippen molar-refractivity contribution in [2.45, 2.75) is 6.92 Å². The van der Waals surface area contributed by atoms with Gasteiger partial charge in [0, 0.05) is 18.2 Å². The van der Waals surface area contributed by atoms with E-state index in [1.807, 2.05) is 6.07 Å².